The summed E-state index contributed by atoms with van der Waals surface area (Å²) < 4.78 is 0. The van der Waals surface area contributed by atoms with Crippen molar-refractivity contribution in [2.24, 2.45) is 0 Å². The molecule has 0 heterocycles. The molecule has 0 saturated heterocycles. The van der Waals surface area contributed by atoms with E-state index in [0.29, 0.717) is 17.1 Å². The van der Waals surface area contributed by atoms with Crippen LogP contribution in [0.4, 0.5) is 17.1 Å². The maximum Gasteiger partial charge on any atom is 0.154 e. The third-order valence-corrected chi connectivity index (χ3v) is 4.94. The molecule has 0 spiro atoms. The molecule has 1 rings (SSSR count). The lowest BCUT2D eigenvalue weighted by Gasteiger charge is -2.30. The van der Waals surface area contributed by atoms with Crippen LogP contribution in [0.3, 0.4) is 0 Å². The van der Waals surface area contributed by atoms with Gasteiger partial charge in [0.2, 0.25) is 0 Å². The summed E-state index contributed by atoms with van der Waals surface area (Å²) in [5.74, 6) is 0.00973. The van der Waals surface area contributed by atoms with Gasteiger partial charge in [-0.15, -0.1) is 0 Å². The number of carbonyl (C=O) groups is 3. The fourth-order valence-electron chi connectivity index (χ4n) is 2.19. The first-order chi connectivity index (χ1) is 12.1. The van der Waals surface area contributed by atoms with Crippen LogP contribution in [0, 0.1) is 0 Å². The van der Waals surface area contributed by atoms with Crippen LogP contribution < -0.4 is 16.0 Å². The van der Waals surface area contributed by atoms with E-state index in [2.05, 4.69) is 16.0 Å². The Morgan fingerprint density at radius 2 is 0.741 bits per heavy atom. The molecule has 0 aromatic heterocycles. The fourth-order valence-corrected chi connectivity index (χ4v) is 2.19. The Balaban J connectivity index is 3.36. The quantitative estimate of drug-likeness (QED) is 0.604. The molecule has 6 nitrogen and oxygen atoms in total. The van der Waals surface area contributed by atoms with Gasteiger partial charge in [0.15, 0.2) is 17.3 Å². The topological polar surface area (TPSA) is 87.3 Å². The minimum Gasteiger partial charge on any atom is -0.373 e. The smallest absolute Gasteiger partial charge is 0.154 e. The Bertz CT molecular complexity index is 637. The predicted octanol–water partition coefficient (Wildman–Crippen LogP) is 4.03. The Morgan fingerprint density at radius 3 is 0.889 bits per heavy atom. The second kappa shape index (κ2) is 7.71. The van der Waals surface area contributed by atoms with Crippen molar-refractivity contribution in [2.45, 2.75) is 78.9 Å². The molecular formula is C21H33N3O3. The number of rotatable bonds is 9. The second-order valence-electron chi connectivity index (χ2n) is 8.72. The maximum atomic E-state index is 11.9. The summed E-state index contributed by atoms with van der Waals surface area (Å²) in [4.78, 5) is 35.7. The minimum absolute atomic E-state index is 0.00324. The van der Waals surface area contributed by atoms with E-state index in [1.54, 1.807) is 0 Å². The molecule has 0 atom stereocenters. The molecule has 3 N–H and O–H groups in total. The molecular weight excluding hydrogens is 342 g/mol. The van der Waals surface area contributed by atoms with E-state index in [-0.39, 0.29) is 17.3 Å². The average Bonchev–Trinajstić information content (AvgIpc) is 2.44. The predicted molar refractivity (Wildman–Crippen MR) is 112 cm³/mol. The Labute approximate surface area is 162 Å². The molecule has 0 bridgehead atoms. The summed E-state index contributed by atoms with van der Waals surface area (Å²) in [5, 5.41) is 9.69. The molecule has 0 fully saturated rings. The van der Waals surface area contributed by atoms with Crippen LogP contribution in [0.25, 0.3) is 0 Å². The fraction of sp³-hybridized carbons (Fsp3) is 0.571. The molecule has 0 amide bonds. The van der Waals surface area contributed by atoms with Crippen LogP contribution in [0.15, 0.2) is 18.2 Å². The van der Waals surface area contributed by atoms with Gasteiger partial charge in [0.1, 0.15) is 0 Å². The van der Waals surface area contributed by atoms with Crippen LogP contribution in [0.1, 0.15) is 62.3 Å². The minimum atomic E-state index is -0.748. The Morgan fingerprint density at radius 1 is 0.556 bits per heavy atom. The zero-order valence-electron chi connectivity index (χ0n) is 18.0. The van der Waals surface area contributed by atoms with E-state index in [1.165, 1.54) is 20.8 Å². The molecule has 1 aromatic carbocycles. The van der Waals surface area contributed by atoms with E-state index >= 15 is 0 Å². The van der Waals surface area contributed by atoms with Crippen molar-refractivity contribution in [3.63, 3.8) is 0 Å². The number of Topliss-reactive ketones (excluding diaryl/α,β-unsaturated/α-hetero) is 3. The number of nitrogens with one attached hydrogen (secondary N) is 3. The number of ketones is 3. The molecule has 0 saturated carbocycles. The zero-order chi connectivity index (χ0) is 21.2. The van der Waals surface area contributed by atoms with Gasteiger partial charge in [0.05, 0.1) is 16.6 Å². The van der Waals surface area contributed by atoms with Gasteiger partial charge in [-0.2, -0.15) is 0 Å². The van der Waals surface area contributed by atoms with E-state index in [0.717, 1.165) is 0 Å². The van der Waals surface area contributed by atoms with Gasteiger partial charge in [-0.05, 0) is 80.5 Å². The summed E-state index contributed by atoms with van der Waals surface area (Å²) in [7, 11) is 0. The van der Waals surface area contributed by atoms with E-state index < -0.39 is 16.6 Å². The monoisotopic (exact) mass is 375 g/mol. The van der Waals surface area contributed by atoms with Crippen LogP contribution in [0.2, 0.25) is 0 Å². The van der Waals surface area contributed by atoms with Crippen molar-refractivity contribution in [3.8, 4) is 0 Å². The highest BCUT2D eigenvalue weighted by molar-refractivity contribution is 5.91. The van der Waals surface area contributed by atoms with Crippen LogP contribution in [-0.4, -0.2) is 34.0 Å². The van der Waals surface area contributed by atoms with Crippen molar-refractivity contribution in [2.75, 3.05) is 16.0 Å². The van der Waals surface area contributed by atoms with Gasteiger partial charge in [0, 0.05) is 17.1 Å². The standard InChI is InChI=1S/C21H33N3O3/c1-13(25)19(4,5)22-16-10-17(23-20(6,7)14(2)26)12-18(11-16)24-21(8,9)15(3)27/h10-12,22-24H,1-9H3. The number of hydrogen-bond donors (Lipinski definition) is 3. The highest BCUT2D eigenvalue weighted by Gasteiger charge is 2.27. The van der Waals surface area contributed by atoms with Crippen LogP contribution >= 0.6 is 0 Å². The van der Waals surface area contributed by atoms with Gasteiger partial charge >= 0.3 is 0 Å². The van der Waals surface area contributed by atoms with E-state index in [4.69, 9.17) is 0 Å². The van der Waals surface area contributed by atoms with Crippen molar-refractivity contribution < 1.29 is 14.4 Å². The molecule has 0 aliphatic rings. The molecule has 0 aliphatic carbocycles. The number of hydrogen-bond acceptors (Lipinski definition) is 6. The molecule has 0 radical (unpaired) electrons. The number of anilines is 3. The summed E-state index contributed by atoms with van der Waals surface area (Å²) in [6.07, 6.45) is 0. The summed E-state index contributed by atoms with van der Waals surface area (Å²) in [5.41, 5.74) is -0.115. The van der Waals surface area contributed by atoms with Crippen molar-refractivity contribution >= 4 is 34.4 Å². The normalized spacial score (nSPS) is 12.3. The third kappa shape index (κ3) is 6.08. The lowest BCUT2D eigenvalue weighted by atomic mass is 9.97. The van der Waals surface area contributed by atoms with Crippen LogP contribution in [-0.2, 0) is 14.4 Å². The van der Waals surface area contributed by atoms with Gasteiger partial charge in [0.25, 0.3) is 0 Å². The molecule has 150 valence electrons. The average molecular weight is 376 g/mol. The second-order valence-corrected chi connectivity index (χ2v) is 8.72. The van der Waals surface area contributed by atoms with Crippen LogP contribution in [0.5, 0.6) is 0 Å². The molecule has 27 heavy (non-hydrogen) atoms. The summed E-state index contributed by atoms with van der Waals surface area (Å²) in [6.45, 7) is 15.4. The summed E-state index contributed by atoms with van der Waals surface area (Å²) >= 11 is 0. The third-order valence-electron chi connectivity index (χ3n) is 4.94. The zero-order valence-corrected chi connectivity index (χ0v) is 18.0. The SMILES string of the molecule is CC(=O)C(C)(C)Nc1cc(NC(C)(C)C(C)=O)cc(NC(C)(C)C(C)=O)c1. The Kier molecular flexibility index (Phi) is 6.47. The van der Waals surface area contributed by atoms with E-state index in [1.807, 2.05) is 59.7 Å². The lowest BCUT2D eigenvalue weighted by Crippen LogP contribution is -2.40. The van der Waals surface area contributed by atoms with Crippen molar-refractivity contribution in [1.82, 2.24) is 0 Å². The van der Waals surface area contributed by atoms with Gasteiger partial charge in [-0.3, -0.25) is 14.4 Å². The molecule has 6 heteroatoms. The van der Waals surface area contributed by atoms with Gasteiger partial charge < -0.3 is 16.0 Å². The summed E-state index contributed by atoms with van der Waals surface area (Å²) in [6, 6.07) is 5.55. The number of carbonyl (C=O) groups excluding carboxylic acids is 3. The first kappa shape index (κ1) is 22.7. The molecule has 0 unspecified atom stereocenters. The number of benzene rings is 1. The lowest BCUT2D eigenvalue weighted by molar-refractivity contribution is -0.120. The largest absolute Gasteiger partial charge is 0.373 e. The first-order valence-corrected chi connectivity index (χ1v) is 9.09. The van der Waals surface area contributed by atoms with Gasteiger partial charge in [-0.25, -0.2) is 0 Å². The molecule has 1 aromatic rings. The van der Waals surface area contributed by atoms with Gasteiger partial charge in [-0.1, -0.05) is 0 Å². The highest BCUT2D eigenvalue weighted by Crippen LogP contribution is 2.29. The highest BCUT2D eigenvalue weighted by atomic mass is 16.1. The van der Waals surface area contributed by atoms with E-state index in [9.17, 15) is 14.4 Å². The molecule has 0 aliphatic heterocycles. The maximum absolute atomic E-state index is 11.9. The van der Waals surface area contributed by atoms with Crippen molar-refractivity contribution in [1.29, 1.82) is 0 Å². The van der Waals surface area contributed by atoms with Crippen molar-refractivity contribution in [3.05, 3.63) is 18.2 Å². The first-order valence-electron chi connectivity index (χ1n) is 9.09. The Hall–Kier alpha value is -2.37.